The molecule has 1 atom stereocenters. The number of hydrogen-bond donors (Lipinski definition) is 1. The Labute approximate surface area is 146 Å². The summed E-state index contributed by atoms with van der Waals surface area (Å²) in [6.45, 7) is 2.78. The van der Waals surface area contributed by atoms with E-state index in [-0.39, 0.29) is 18.6 Å². The zero-order valence-corrected chi connectivity index (χ0v) is 14.2. The molecular formula is C20H21N3O2. The molecule has 0 bridgehead atoms. The fraction of sp³-hybridized carbons (Fsp3) is 0.300. The number of carbonyl (C=O) groups excluding carboxylic acids is 1. The molecule has 0 radical (unpaired) electrons. The van der Waals surface area contributed by atoms with Crippen LogP contribution in [0.4, 0.5) is 0 Å². The van der Waals surface area contributed by atoms with E-state index in [0.29, 0.717) is 0 Å². The largest absolute Gasteiger partial charge is 0.484 e. The van der Waals surface area contributed by atoms with Crippen LogP contribution in [0.5, 0.6) is 5.75 Å². The number of H-pyrrole nitrogens is 1. The number of likely N-dealkylation sites (tertiary alicyclic amines) is 1. The first kappa shape index (κ1) is 15.7. The molecule has 1 saturated heterocycles. The highest BCUT2D eigenvalue weighted by atomic mass is 16.5. The molecule has 4 rings (SSSR count). The molecule has 0 saturated carbocycles. The summed E-state index contributed by atoms with van der Waals surface area (Å²) in [6.07, 6.45) is 1.91. The number of fused-ring (bicyclic) bond motifs is 1. The monoisotopic (exact) mass is 335 g/mol. The second kappa shape index (κ2) is 6.59. The first-order chi connectivity index (χ1) is 12.2. The van der Waals surface area contributed by atoms with E-state index in [4.69, 9.17) is 4.74 Å². The molecule has 1 aliphatic heterocycles. The van der Waals surface area contributed by atoms with Crippen molar-refractivity contribution in [2.45, 2.75) is 25.8 Å². The number of benzene rings is 2. The van der Waals surface area contributed by atoms with Crippen molar-refractivity contribution in [1.29, 1.82) is 0 Å². The summed E-state index contributed by atoms with van der Waals surface area (Å²) in [7, 11) is 0. The number of aromatic amines is 1. The topological polar surface area (TPSA) is 58.2 Å². The quantitative estimate of drug-likeness (QED) is 0.792. The maximum absolute atomic E-state index is 12.7. The molecule has 5 nitrogen and oxygen atoms in total. The summed E-state index contributed by atoms with van der Waals surface area (Å²) in [5.41, 5.74) is 2.98. The van der Waals surface area contributed by atoms with Gasteiger partial charge in [-0.05, 0) is 43.5 Å². The molecule has 1 amide bonds. The van der Waals surface area contributed by atoms with Gasteiger partial charge in [-0.25, -0.2) is 4.98 Å². The predicted molar refractivity (Wildman–Crippen MR) is 96.5 cm³/mol. The van der Waals surface area contributed by atoms with Crippen LogP contribution in [-0.4, -0.2) is 33.9 Å². The average Bonchev–Trinajstić information content (AvgIpc) is 3.27. The highest BCUT2D eigenvalue weighted by Gasteiger charge is 2.32. The van der Waals surface area contributed by atoms with Crippen LogP contribution in [0.25, 0.3) is 11.0 Å². The van der Waals surface area contributed by atoms with E-state index in [9.17, 15) is 4.79 Å². The number of nitrogens with zero attached hydrogens (tertiary/aromatic N) is 2. The van der Waals surface area contributed by atoms with E-state index in [2.05, 4.69) is 9.97 Å². The van der Waals surface area contributed by atoms with Crippen LogP contribution in [0.3, 0.4) is 0 Å². The number of imidazole rings is 1. The molecule has 3 aromatic rings. The standard InChI is InChI=1S/C20H21N3O2/c1-14-7-2-5-11-18(14)25-13-19(24)23-12-6-10-17(23)20-21-15-8-3-4-9-16(15)22-20/h2-5,7-9,11,17H,6,10,12-13H2,1H3,(H,21,22)/t17-/m1/s1. The zero-order valence-electron chi connectivity index (χ0n) is 14.2. The molecule has 1 N–H and O–H groups in total. The Balaban J connectivity index is 1.49. The Morgan fingerprint density at radius 1 is 1.24 bits per heavy atom. The van der Waals surface area contributed by atoms with Crippen molar-refractivity contribution >= 4 is 16.9 Å². The van der Waals surface area contributed by atoms with E-state index in [1.807, 2.05) is 60.4 Å². The maximum Gasteiger partial charge on any atom is 0.261 e. The number of rotatable bonds is 4. The predicted octanol–water partition coefficient (Wildman–Crippen LogP) is 3.61. The molecule has 25 heavy (non-hydrogen) atoms. The molecular weight excluding hydrogens is 314 g/mol. The number of hydrogen-bond acceptors (Lipinski definition) is 3. The van der Waals surface area contributed by atoms with Gasteiger partial charge in [0.1, 0.15) is 11.6 Å². The van der Waals surface area contributed by atoms with Crippen molar-refractivity contribution in [2.75, 3.05) is 13.2 Å². The molecule has 0 unspecified atom stereocenters. The number of para-hydroxylation sites is 3. The Hall–Kier alpha value is -2.82. The Morgan fingerprint density at radius 2 is 2.04 bits per heavy atom. The second-order valence-electron chi connectivity index (χ2n) is 6.44. The van der Waals surface area contributed by atoms with Crippen molar-refractivity contribution in [3.8, 4) is 5.75 Å². The van der Waals surface area contributed by atoms with Gasteiger partial charge in [-0.3, -0.25) is 4.79 Å². The lowest BCUT2D eigenvalue weighted by Gasteiger charge is -2.23. The number of ether oxygens (including phenoxy) is 1. The van der Waals surface area contributed by atoms with Crippen molar-refractivity contribution in [3.63, 3.8) is 0 Å². The summed E-state index contributed by atoms with van der Waals surface area (Å²) >= 11 is 0. The molecule has 5 heteroatoms. The van der Waals surface area contributed by atoms with E-state index in [1.54, 1.807) is 0 Å². The van der Waals surface area contributed by atoms with Crippen LogP contribution in [0, 0.1) is 6.92 Å². The normalized spacial score (nSPS) is 17.2. The van der Waals surface area contributed by atoms with Gasteiger partial charge in [0.05, 0.1) is 17.1 Å². The minimum atomic E-state index is 0.000343. The number of aromatic nitrogens is 2. The third kappa shape index (κ3) is 3.09. The van der Waals surface area contributed by atoms with Crippen LogP contribution in [0.1, 0.15) is 30.3 Å². The lowest BCUT2D eigenvalue weighted by Crippen LogP contribution is -2.35. The third-order valence-electron chi connectivity index (χ3n) is 4.74. The molecule has 0 aliphatic carbocycles. The minimum Gasteiger partial charge on any atom is -0.484 e. The molecule has 1 aromatic heterocycles. The van der Waals surface area contributed by atoms with Crippen LogP contribution in [0.15, 0.2) is 48.5 Å². The number of carbonyl (C=O) groups is 1. The first-order valence-electron chi connectivity index (χ1n) is 8.65. The van der Waals surface area contributed by atoms with Crippen molar-refractivity contribution in [3.05, 3.63) is 59.9 Å². The smallest absolute Gasteiger partial charge is 0.261 e. The van der Waals surface area contributed by atoms with Crippen LogP contribution in [-0.2, 0) is 4.79 Å². The van der Waals surface area contributed by atoms with Gasteiger partial charge in [0.25, 0.3) is 5.91 Å². The van der Waals surface area contributed by atoms with Gasteiger partial charge in [0.15, 0.2) is 6.61 Å². The summed E-state index contributed by atoms with van der Waals surface area (Å²) < 4.78 is 5.73. The van der Waals surface area contributed by atoms with Crippen LogP contribution in [0.2, 0.25) is 0 Å². The van der Waals surface area contributed by atoms with Gasteiger partial charge in [-0.15, -0.1) is 0 Å². The third-order valence-corrected chi connectivity index (χ3v) is 4.74. The number of amides is 1. The Bertz CT molecular complexity index is 870. The molecule has 128 valence electrons. The lowest BCUT2D eigenvalue weighted by atomic mass is 10.2. The highest BCUT2D eigenvalue weighted by molar-refractivity contribution is 5.79. The maximum atomic E-state index is 12.7. The number of aryl methyl sites for hydroxylation is 1. The van der Waals surface area contributed by atoms with E-state index < -0.39 is 0 Å². The van der Waals surface area contributed by atoms with Crippen LogP contribution < -0.4 is 4.74 Å². The van der Waals surface area contributed by atoms with E-state index in [0.717, 1.165) is 47.6 Å². The summed E-state index contributed by atoms with van der Waals surface area (Å²) in [5, 5.41) is 0. The van der Waals surface area contributed by atoms with Gasteiger partial charge < -0.3 is 14.6 Å². The second-order valence-corrected chi connectivity index (χ2v) is 6.44. The van der Waals surface area contributed by atoms with Crippen molar-refractivity contribution in [2.24, 2.45) is 0 Å². The zero-order chi connectivity index (χ0) is 17.2. The van der Waals surface area contributed by atoms with Crippen molar-refractivity contribution < 1.29 is 9.53 Å². The van der Waals surface area contributed by atoms with Gasteiger partial charge in [-0.2, -0.15) is 0 Å². The minimum absolute atomic E-state index is 0.000343. The SMILES string of the molecule is Cc1ccccc1OCC(=O)N1CCC[C@@H]1c1nc2ccccc2[nH]1. The molecule has 2 heterocycles. The van der Waals surface area contributed by atoms with Gasteiger partial charge in [0, 0.05) is 6.54 Å². The fourth-order valence-corrected chi connectivity index (χ4v) is 3.42. The fourth-order valence-electron chi connectivity index (χ4n) is 3.42. The highest BCUT2D eigenvalue weighted by Crippen LogP contribution is 2.31. The summed E-state index contributed by atoms with van der Waals surface area (Å²) in [4.78, 5) is 22.6. The van der Waals surface area contributed by atoms with Gasteiger partial charge in [-0.1, -0.05) is 30.3 Å². The molecule has 0 spiro atoms. The summed E-state index contributed by atoms with van der Waals surface area (Å²) in [5.74, 6) is 1.63. The van der Waals surface area contributed by atoms with Gasteiger partial charge in [0.2, 0.25) is 0 Å². The van der Waals surface area contributed by atoms with Crippen molar-refractivity contribution in [1.82, 2.24) is 14.9 Å². The molecule has 1 fully saturated rings. The lowest BCUT2D eigenvalue weighted by molar-refractivity contribution is -0.134. The average molecular weight is 335 g/mol. The Kier molecular flexibility index (Phi) is 4.14. The molecule has 2 aromatic carbocycles. The summed E-state index contributed by atoms with van der Waals surface area (Å²) in [6, 6.07) is 15.7. The van der Waals surface area contributed by atoms with E-state index in [1.165, 1.54) is 0 Å². The first-order valence-corrected chi connectivity index (χ1v) is 8.65. The molecule has 1 aliphatic rings. The number of nitrogens with one attached hydrogen (secondary N) is 1. The van der Waals surface area contributed by atoms with E-state index >= 15 is 0 Å². The van der Waals surface area contributed by atoms with Crippen LogP contribution >= 0.6 is 0 Å². The Morgan fingerprint density at radius 3 is 2.88 bits per heavy atom. The van der Waals surface area contributed by atoms with Gasteiger partial charge >= 0.3 is 0 Å².